The maximum Gasteiger partial charge on any atom is 0.327 e. The van der Waals surface area contributed by atoms with E-state index in [1.807, 2.05) is 50.2 Å². The summed E-state index contributed by atoms with van der Waals surface area (Å²) in [6.45, 7) is 3.68. The van der Waals surface area contributed by atoms with E-state index in [9.17, 15) is 14.7 Å². The molecule has 0 aliphatic heterocycles. The summed E-state index contributed by atoms with van der Waals surface area (Å²) in [4.78, 5) is 24.0. The van der Waals surface area contributed by atoms with Crippen LogP contribution in [0.25, 0.3) is 0 Å². The number of carbonyl (C=O) groups excluding carboxylic acids is 1. The number of amides is 1. The number of hydrogen-bond donors (Lipinski definition) is 2. The number of hydrogen-bond acceptors (Lipinski definition) is 3. The standard InChI is InChI=1S/C19H21NO3S/c1-19(2,24-13-14-9-5-3-6-10-14)16(18(22)23)20-17(21)15-11-7-4-8-12-15/h3-12,16H,13H2,1-2H3,(H,20,21)(H,22,23). The summed E-state index contributed by atoms with van der Waals surface area (Å²) in [5, 5.41) is 12.2. The van der Waals surface area contributed by atoms with Gasteiger partial charge in [0.15, 0.2) is 0 Å². The zero-order valence-corrected chi connectivity index (χ0v) is 14.5. The van der Waals surface area contributed by atoms with Gasteiger partial charge in [-0.15, -0.1) is 11.8 Å². The third-order valence-electron chi connectivity index (χ3n) is 3.71. The lowest BCUT2D eigenvalue weighted by Crippen LogP contribution is -2.52. The lowest BCUT2D eigenvalue weighted by molar-refractivity contribution is -0.139. The van der Waals surface area contributed by atoms with Crippen molar-refractivity contribution in [2.24, 2.45) is 0 Å². The molecule has 0 saturated carbocycles. The number of thioether (sulfide) groups is 1. The van der Waals surface area contributed by atoms with Crippen molar-refractivity contribution in [1.82, 2.24) is 5.32 Å². The molecule has 1 atom stereocenters. The van der Waals surface area contributed by atoms with Gasteiger partial charge in [0.2, 0.25) is 0 Å². The molecule has 126 valence electrons. The minimum absolute atomic E-state index is 0.378. The zero-order chi connectivity index (χ0) is 17.6. The first-order valence-electron chi connectivity index (χ1n) is 7.67. The van der Waals surface area contributed by atoms with Crippen LogP contribution in [-0.4, -0.2) is 27.8 Å². The Labute approximate surface area is 146 Å². The van der Waals surface area contributed by atoms with Gasteiger partial charge in [0.05, 0.1) is 0 Å². The first-order chi connectivity index (χ1) is 11.4. The average Bonchev–Trinajstić information content (AvgIpc) is 2.59. The second-order valence-electron chi connectivity index (χ2n) is 5.99. The van der Waals surface area contributed by atoms with Crippen molar-refractivity contribution in [1.29, 1.82) is 0 Å². The van der Waals surface area contributed by atoms with Gasteiger partial charge in [-0.25, -0.2) is 4.79 Å². The molecule has 0 fully saturated rings. The number of carbonyl (C=O) groups is 2. The minimum atomic E-state index is -1.04. The Hall–Kier alpha value is -2.27. The van der Waals surface area contributed by atoms with E-state index in [0.717, 1.165) is 5.56 Å². The molecule has 0 bridgehead atoms. The molecule has 0 spiro atoms. The first-order valence-corrected chi connectivity index (χ1v) is 8.65. The third-order valence-corrected chi connectivity index (χ3v) is 5.16. The molecule has 0 radical (unpaired) electrons. The third kappa shape index (κ3) is 4.86. The van der Waals surface area contributed by atoms with Gasteiger partial charge in [0, 0.05) is 16.1 Å². The van der Waals surface area contributed by atoms with Crippen LogP contribution in [0.3, 0.4) is 0 Å². The number of carboxylic acid groups (broad SMARTS) is 1. The normalized spacial score (nSPS) is 12.4. The van der Waals surface area contributed by atoms with Gasteiger partial charge in [0.25, 0.3) is 5.91 Å². The Bertz CT molecular complexity index is 686. The molecule has 2 rings (SSSR count). The molecule has 2 aromatic rings. The molecule has 1 amide bonds. The van der Waals surface area contributed by atoms with Gasteiger partial charge in [-0.1, -0.05) is 48.5 Å². The molecule has 4 nitrogen and oxygen atoms in total. The summed E-state index contributed by atoms with van der Waals surface area (Å²) < 4.78 is -0.661. The summed E-state index contributed by atoms with van der Waals surface area (Å²) in [6, 6.07) is 17.5. The van der Waals surface area contributed by atoms with Gasteiger partial charge in [-0.05, 0) is 31.5 Å². The Morgan fingerprint density at radius 1 is 1.04 bits per heavy atom. The van der Waals surface area contributed by atoms with Crippen molar-refractivity contribution in [2.75, 3.05) is 0 Å². The van der Waals surface area contributed by atoms with Crippen molar-refractivity contribution in [3.8, 4) is 0 Å². The lowest BCUT2D eigenvalue weighted by atomic mass is 10.0. The van der Waals surface area contributed by atoms with E-state index in [1.54, 1.807) is 24.3 Å². The number of aliphatic carboxylic acids is 1. The van der Waals surface area contributed by atoms with Crippen LogP contribution in [0.15, 0.2) is 60.7 Å². The van der Waals surface area contributed by atoms with E-state index < -0.39 is 16.8 Å². The fraction of sp³-hybridized carbons (Fsp3) is 0.263. The van der Waals surface area contributed by atoms with E-state index in [4.69, 9.17) is 0 Å². The van der Waals surface area contributed by atoms with Crippen LogP contribution >= 0.6 is 11.8 Å². The smallest absolute Gasteiger partial charge is 0.327 e. The maximum atomic E-state index is 12.3. The van der Waals surface area contributed by atoms with E-state index in [-0.39, 0.29) is 5.91 Å². The Morgan fingerprint density at radius 3 is 2.12 bits per heavy atom. The van der Waals surface area contributed by atoms with E-state index in [1.165, 1.54) is 11.8 Å². The fourth-order valence-corrected chi connectivity index (χ4v) is 3.32. The largest absolute Gasteiger partial charge is 0.480 e. The van der Waals surface area contributed by atoms with Gasteiger partial charge in [-0.3, -0.25) is 4.79 Å². The van der Waals surface area contributed by atoms with Crippen LogP contribution in [0.1, 0.15) is 29.8 Å². The number of rotatable bonds is 7. The maximum absolute atomic E-state index is 12.3. The van der Waals surface area contributed by atoms with Crippen molar-refractivity contribution < 1.29 is 14.7 Å². The van der Waals surface area contributed by atoms with Crippen LogP contribution in [0, 0.1) is 0 Å². The molecule has 0 aliphatic rings. The molecule has 0 saturated heterocycles. The first kappa shape index (κ1) is 18.1. The molecular weight excluding hydrogens is 322 g/mol. The van der Waals surface area contributed by atoms with Crippen LogP contribution in [0.2, 0.25) is 0 Å². The second kappa shape index (κ2) is 8.02. The van der Waals surface area contributed by atoms with E-state index in [2.05, 4.69) is 5.32 Å². The van der Waals surface area contributed by atoms with Crippen molar-refractivity contribution in [2.45, 2.75) is 30.4 Å². The summed E-state index contributed by atoms with van der Waals surface area (Å²) >= 11 is 1.51. The van der Waals surface area contributed by atoms with Crippen LogP contribution in [0.5, 0.6) is 0 Å². The molecule has 5 heteroatoms. The highest BCUT2D eigenvalue weighted by Gasteiger charge is 2.37. The minimum Gasteiger partial charge on any atom is -0.480 e. The average molecular weight is 343 g/mol. The van der Waals surface area contributed by atoms with E-state index in [0.29, 0.717) is 11.3 Å². The molecule has 2 N–H and O–H groups in total. The fourth-order valence-electron chi connectivity index (χ4n) is 2.26. The molecule has 1 unspecified atom stereocenters. The molecule has 0 aliphatic carbocycles. The van der Waals surface area contributed by atoms with Gasteiger partial charge < -0.3 is 10.4 Å². The van der Waals surface area contributed by atoms with Crippen molar-refractivity contribution >= 4 is 23.6 Å². The van der Waals surface area contributed by atoms with Crippen LogP contribution in [-0.2, 0) is 10.5 Å². The quantitative estimate of drug-likeness (QED) is 0.806. The summed E-state index contributed by atoms with van der Waals surface area (Å²) in [7, 11) is 0. The van der Waals surface area contributed by atoms with Crippen LogP contribution in [0.4, 0.5) is 0 Å². The summed E-state index contributed by atoms with van der Waals surface area (Å²) in [5.41, 5.74) is 1.57. The molecule has 24 heavy (non-hydrogen) atoms. The van der Waals surface area contributed by atoms with Gasteiger partial charge >= 0.3 is 5.97 Å². The van der Waals surface area contributed by atoms with Gasteiger partial charge in [0.1, 0.15) is 6.04 Å². The second-order valence-corrected chi connectivity index (χ2v) is 7.62. The van der Waals surface area contributed by atoms with Crippen molar-refractivity contribution in [3.05, 3.63) is 71.8 Å². The summed E-state index contributed by atoms with van der Waals surface area (Å²) in [6.07, 6.45) is 0. The highest BCUT2D eigenvalue weighted by molar-refractivity contribution is 7.99. The Morgan fingerprint density at radius 2 is 1.58 bits per heavy atom. The lowest BCUT2D eigenvalue weighted by Gasteiger charge is -2.31. The molecule has 0 heterocycles. The Balaban J connectivity index is 2.07. The van der Waals surface area contributed by atoms with Gasteiger partial charge in [-0.2, -0.15) is 0 Å². The Kier molecular flexibility index (Phi) is 6.04. The van der Waals surface area contributed by atoms with Crippen molar-refractivity contribution in [3.63, 3.8) is 0 Å². The topological polar surface area (TPSA) is 66.4 Å². The predicted molar refractivity (Wildman–Crippen MR) is 97.1 cm³/mol. The number of carboxylic acids is 1. The highest BCUT2D eigenvalue weighted by Crippen LogP contribution is 2.31. The summed E-state index contributed by atoms with van der Waals surface area (Å²) in [5.74, 6) is -0.736. The zero-order valence-electron chi connectivity index (χ0n) is 13.7. The number of nitrogens with one attached hydrogen (secondary N) is 1. The monoisotopic (exact) mass is 343 g/mol. The van der Waals surface area contributed by atoms with Crippen LogP contribution < -0.4 is 5.32 Å². The molecule has 0 aromatic heterocycles. The SMILES string of the molecule is CC(C)(SCc1ccccc1)C(NC(=O)c1ccccc1)C(=O)O. The molecular formula is C19H21NO3S. The van der Waals surface area contributed by atoms with E-state index >= 15 is 0 Å². The predicted octanol–water partition coefficient (Wildman–Crippen LogP) is 3.58. The molecule has 2 aromatic carbocycles. The highest BCUT2D eigenvalue weighted by atomic mass is 32.2. The number of benzene rings is 2.